The Balaban J connectivity index is 2.24. The SMILES string of the molecule is COC(=O)N(C)CC1CC(F)(F)C1. The van der Waals surface area contributed by atoms with Gasteiger partial charge in [-0.3, -0.25) is 0 Å². The Morgan fingerprint density at radius 3 is 2.54 bits per heavy atom. The molecule has 13 heavy (non-hydrogen) atoms. The molecule has 0 aromatic rings. The average molecular weight is 193 g/mol. The Kier molecular flexibility index (Phi) is 2.73. The molecule has 1 aliphatic rings. The number of hydrogen-bond donors (Lipinski definition) is 0. The maximum atomic E-state index is 12.4. The minimum atomic E-state index is -2.51. The van der Waals surface area contributed by atoms with Gasteiger partial charge in [-0.25, -0.2) is 13.6 Å². The fourth-order valence-electron chi connectivity index (χ4n) is 1.53. The quantitative estimate of drug-likeness (QED) is 0.668. The third kappa shape index (κ3) is 2.54. The summed E-state index contributed by atoms with van der Waals surface area (Å²) in [6.45, 7) is 0.349. The minimum absolute atomic E-state index is 0.0842. The molecule has 0 aromatic heterocycles. The van der Waals surface area contributed by atoms with Crippen molar-refractivity contribution in [2.24, 2.45) is 5.92 Å². The standard InChI is InChI=1S/C8H13F2NO2/c1-11(7(12)13-2)5-6-3-8(9,10)4-6/h6H,3-5H2,1-2H3. The zero-order valence-corrected chi connectivity index (χ0v) is 7.72. The summed E-state index contributed by atoms with van der Waals surface area (Å²) in [4.78, 5) is 12.2. The molecule has 0 heterocycles. The van der Waals surface area contributed by atoms with Crippen molar-refractivity contribution < 1.29 is 18.3 Å². The van der Waals surface area contributed by atoms with Gasteiger partial charge in [-0.2, -0.15) is 0 Å². The van der Waals surface area contributed by atoms with Crippen molar-refractivity contribution in [1.82, 2.24) is 4.90 Å². The van der Waals surface area contributed by atoms with Crippen LogP contribution in [-0.2, 0) is 4.74 Å². The Labute approximate surface area is 75.7 Å². The van der Waals surface area contributed by atoms with Gasteiger partial charge in [0.05, 0.1) is 7.11 Å². The van der Waals surface area contributed by atoms with Crippen LogP contribution in [0.4, 0.5) is 13.6 Å². The van der Waals surface area contributed by atoms with E-state index in [-0.39, 0.29) is 18.8 Å². The van der Waals surface area contributed by atoms with Crippen LogP contribution in [0.2, 0.25) is 0 Å². The first-order chi connectivity index (χ1) is 5.94. The van der Waals surface area contributed by atoms with Crippen LogP contribution in [0.15, 0.2) is 0 Å². The number of rotatable bonds is 2. The maximum absolute atomic E-state index is 12.4. The number of carbonyl (C=O) groups is 1. The van der Waals surface area contributed by atoms with Crippen molar-refractivity contribution in [2.45, 2.75) is 18.8 Å². The van der Waals surface area contributed by atoms with Crippen molar-refractivity contribution in [3.8, 4) is 0 Å². The van der Waals surface area contributed by atoms with Crippen LogP contribution in [0.3, 0.4) is 0 Å². The van der Waals surface area contributed by atoms with E-state index in [1.54, 1.807) is 7.05 Å². The monoisotopic (exact) mass is 193 g/mol. The molecule has 0 aliphatic heterocycles. The Bertz CT molecular complexity index is 200. The summed E-state index contributed by atoms with van der Waals surface area (Å²) in [6.07, 6.45) is -0.710. The van der Waals surface area contributed by atoms with E-state index < -0.39 is 12.0 Å². The lowest BCUT2D eigenvalue weighted by molar-refractivity contribution is -0.114. The first kappa shape index (κ1) is 10.2. The van der Waals surface area contributed by atoms with Crippen molar-refractivity contribution in [3.63, 3.8) is 0 Å². The lowest BCUT2D eigenvalue weighted by atomic mass is 9.81. The molecule has 0 spiro atoms. The zero-order chi connectivity index (χ0) is 10.1. The molecular weight excluding hydrogens is 180 g/mol. The third-order valence-corrected chi connectivity index (χ3v) is 2.19. The molecule has 0 radical (unpaired) electrons. The number of methoxy groups -OCH3 is 1. The van der Waals surface area contributed by atoms with E-state index in [4.69, 9.17) is 0 Å². The Hall–Kier alpha value is -0.870. The normalized spacial score (nSPS) is 20.6. The summed E-state index contributed by atoms with van der Waals surface area (Å²) in [6, 6.07) is 0. The molecule has 1 rings (SSSR count). The van der Waals surface area contributed by atoms with Crippen LogP contribution in [-0.4, -0.2) is 37.6 Å². The van der Waals surface area contributed by atoms with Crippen LogP contribution >= 0.6 is 0 Å². The van der Waals surface area contributed by atoms with E-state index in [2.05, 4.69) is 4.74 Å². The molecule has 0 aromatic carbocycles. The molecule has 0 bridgehead atoms. The number of hydrogen-bond acceptors (Lipinski definition) is 2. The number of nitrogens with zero attached hydrogens (tertiary/aromatic N) is 1. The fourth-order valence-corrected chi connectivity index (χ4v) is 1.53. The molecule has 0 saturated heterocycles. The minimum Gasteiger partial charge on any atom is -0.453 e. The molecule has 3 nitrogen and oxygen atoms in total. The topological polar surface area (TPSA) is 29.5 Å². The van der Waals surface area contributed by atoms with Crippen LogP contribution < -0.4 is 0 Å². The molecule has 1 fully saturated rings. The van der Waals surface area contributed by atoms with Gasteiger partial charge in [-0.15, -0.1) is 0 Å². The van der Waals surface area contributed by atoms with E-state index in [0.717, 1.165) is 0 Å². The zero-order valence-electron chi connectivity index (χ0n) is 7.72. The van der Waals surface area contributed by atoms with Crippen LogP contribution in [0, 0.1) is 5.92 Å². The van der Waals surface area contributed by atoms with E-state index in [0.29, 0.717) is 6.54 Å². The summed E-state index contributed by atoms with van der Waals surface area (Å²) in [7, 11) is 2.82. The summed E-state index contributed by atoms with van der Waals surface area (Å²) in [5, 5.41) is 0. The number of halogens is 2. The smallest absolute Gasteiger partial charge is 0.409 e. The van der Waals surface area contributed by atoms with Gasteiger partial charge < -0.3 is 9.64 Å². The summed E-state index contributed by atoms with van der Waals surface area (Å²) >= 11 is 0. The molecule has 0 unspecified atom stereocenters. The summed E-state index contributed by atoms with van der Waals surface area (Å²) in [5.74, 6) is -2.60. The highest BCUT2D eigenvalue weighted by Crippen LogP contribution is 2.42. The molecule has 0 N–H and O–H groups in total. The summed E-state index contributed by atoms with van der Waals surface area (Å²) in [5.41, 5.74) is 0. The highest BCUT2D eigenvalue weighted by atomic mass is 19.3. The average Bonchev–Trinajstić information content (AvgIpc) is 1.99. The third-order valence-electron chi connectivity index (χ3n) is 2.19. The molecule has 1 aliphatic carbocycles. The van der Waals surface area contributed by atoms with Gasteiger partial charge in [-0.1, -0.05) is 0 Å². The largest absolute Gasteiger partial charge is 0.453 e. The van der Waals surface area contributed by atoms with Gasteiger partial charge in [0, 0.05) is 26.4 Å². The van der Waals surface area contributed by atoms with Crippen LogP contribution in [0.5, 0.6) is 0 Å². The predicted octanol–water partition coefficient (Wildman–Crippen LogP) is 1.73. The second-order valence-corrected chi connectivity index (χ2v) is 3.48. The Morgan fingerprint density at radius 1 is 1.62 bits per heavy atom. The van der Waals surface area contributed by atoms with Crippen LogP contribution in [0.1, 0.15) is 12.8 Å². The van der Waals surface area contributed by atoms with Crippen molar-refractivity contribution >= 4 is 6.09 Å². The lowest BCUT2D eigenvalue weighted by Crippen LogP contribution is -2.43. The number of ether oxygens (including phenoxy) is 1. The van der Waals surface area contributed by atoms with Gasteiger partial charge in [0.1, 0.15) is 0 Å². The molecule has 1 amide bonds. The van der Waals surface area contributed by atoms with Crippen LogP contribution in [0.25, 0.3) is 0 Å². The van der Waals surface area contributed by atoms with Gasteiger partial charge in [0.15, 0.2) is 0 Å². The predicted molar refractivity (Wildman–Crippen MR) is 42.7 cm³/mol. The lowest BCUT2D eigenvalue weighted by Gasteiger charge is -2.36. The number of amides is 1. The van der Waals surface area contributed by atoms with Gasteiger partial charge in [0.2, 0.25) is 5.92 Å². The Morgan fingerprint density at radius 2 is 2.15 bits per heavy atom. The van der Waals surface area contributed by atoms with Gasteiger partial charge in [-0.05, 0) is 5.92 Å². The van der Waals surface area contributed by atoms with Crippen molar-refractivity contribution in [2.75, 3.05) is 20.7 Å². The van der Waals surface area contributed by atoms with E-state index in [1.165, 1.54) is 12.0 Å². The molecule has 5 heteroatoms. The fraction of sp³-hybridized carbons (Fsp3) is 0.875. The molecule has 1 saturated carbocycles. The number of carbonyl (C=O) groups excluding carboxylic acids is 1. The summed E-state index contributed by atoms with van der Waals surface area (Å²) < 4.78 is 29.2. The maximum Gasteiger partial charge on any atom is 0.409 e. The molecule has 0 atom stereocenters. The number of alkyl halides is 2. The molecular formula is C8H13F2NO2. The second-order valence-electron chi connectivity index (χ2n) is 3.48. The van der Waals surface area contributed by atoms with Gasteiger partial charge >= 0.3 is 6.09 Å². The van der Waals surface area contributed by atoms with Crippen molar-refractivity contribution in [3.05, 3.63) is 0 Å². The second kappa shape index (κ2) is 3.47. The van der Waals surface area contributed by atoms with Gasteiger partial charge in [0.25, 0.3) is 0 Å². The highest BCUT2D eigenvalue weighted by molar-refractivity contribution is 5.66. The molecule has 76 valence electrons. The first-order valence-corrected chi connectivity index (χ1v) is 4.11. The van der Waals surface area contributed by atoms with Crippen molar-refractivity contribution in [1.29, 1.82) is 0 Å². The van der Waals surface area contributed by atoms with E-state index in [9.17, 15) is 13.6 Å². The van der Waals surface area contributed by atoms with E-state index in [1.807, 2.05) is 0 Å². The highest BCUT2D eigenvalue weighted by Gasteiger charge is 2.45. The first-order valence-electron chi connectivity index (χ1n) is 4.11. The van der Waals surface area contributed by atoms with E-state index >= 15 is 0 Å².